The quantitative estimate of drug-likeness (QED) is 0.445. The predicted molar refractivity (Wildman–Crippen MR) is 31.8 cm³/mol. The van der Waals surface area contributed by atoms with Crippen molar-refractivity contribution in [2.45, 2.75) is 12.1 Å². The average Bonchev–Trinajstić information content (AvgIpc) is 2.15. The Labute approximate surface area is 57.6 Å². The maximum absolute atomic E-state index is 10.0. The van der Waals surface area contributed by atoms with E-state index in [1.807, 2.05) is 0 Å². The van der Waals surface area contributed by atoms with E-state index in [4.69, 9.17) is 14.9 Å². The number of ether oxygens (including phenoxy) is 1. The lowest BCUT2D eigenvalue weighted by atomic mass is 10.2. The number of nitrogens with one attached hydrogen (secondary N) is 1. The second kappa shape index (κ2) is 2.85. The fraction of sp³-hybridized carbons (Fsp3) is 0.800. The summed E-state index contributed by atoms with van der Waals surface area (Å²) in [4.78, 5) is 10.0. The topological polar surface area (TPSA) is 78.8 Å². The molecule has 0 aromatic heterocycles. The molecule has 0 radical (unpaired) electrons. The molecule has 1 saturated heterocycles. The van der Waals surface area contributed by atoms with Gasteiger partial charge in [-0.3, -0.25) is 0 Å². The molecule has 58 valence electrons. The lowest BCUT2D eigenvalue weighted by molar-refractivity contribution is 0.121. The number of hydrogen-bond donors (Lipinski definition) is 3. The van der Waals surface area contributed by atoms with Crippen molar-refractivity contribution >= 4 is 6.09 Å². The van der Waals surface area contributed by atoms with Crippen molar-refractivity contribution in [3.63, 3.8) is 0 Å². The highest BCUT2D eigenvalue weighted by Gasteiger charge is 2.27. The van der Waals surface area contributed by atoms with E-state index in [-0.39, 0.29) is 13.2 Å². The first-order valence-corrected chi connectivity index (χ1v) is 2.95. The molecule has 1 aliphatic rings. The summed E-state index contributed by atoms with van der Waals surface area (Å²) in [6, 6.07) is -0.461. The summed E-state index contributed by atoms with van der Waals surface area (Å²) in [6.45, 7) is 0.471. The van der Waals surface area contributed by atoms with Gasteiger partial charge in [0.15, 0.2) is 0 Å². The minimum atomic E-state index is -1.13. The van der Waals surface area contributed by atoms with Gasteiger partial charge in [-0.1, -0.05) is 0 Å². The van der Waals surface area contributed by atoms with Crippen LogP contribution >= 0.6 is 0 Å². The fourth-order valence-corrected chi connectivity index (χ4v) is 0.839. The summed E-state index contributed by atoms with van der Waals surface area (Å²) in [5.41, 5.74) is 0. The van der Waals surface area contributed by atoms with E-state index in [0.29, 0.717) is 0 Å². The fourth-order valence-electron chi connectivity index (χ4n) is 0.839. The molecule has 2 atom stereocenters. The van der Waals surface area contributed by atoms with E-state index in [2.05, 4.69) is 5.32 Å². The molecule has 0 aliphatic carbocycles. The molecule has 0 aromatic carbocycles. The van der Waals surface area contributed by atoms with Gasteiger partial charge < -0.3 is 20.3 Å². The number of hydrogen-bond acceptors (Lipinski definition) is 3. The van der Waals surface area contributed by atoms with E-state index in [1.165, 1.54) is 0 Å². The lowest BCUT2D eigenvalue weighted by Crippen LogP contribution is -2.41. The molecule has 1 rings (SSSR count). The summed E-state index contributed by atoms with van der Waals surface area (Å²) in [5.74, 6) is 0. The number of rotatable bonds is 1. The highest BCUT2D eigenvalue weighted by atomic mass is 16.5. The molecule has 5 nitrogen and oxygen atoms in total. The first-order chi connectivity index (χ1) is 4.70. The van der Waals surface area contributed by atoms with Crippen molar-refractivity contribution in [1.82, 2.24) is 5.32 Å². The van der Waals surface area contributed by atoms with Gasteiger partial charge in [0.2, 0.25) is 0 Å². The first kappa shape index (κ1) is 7.30. The Morgan fingerprint density at radius 1 is 1.60 bits per heavy atom. The summed E-state index contributed by atoms with van der Waals surface area (Å²) in [6.07, 6.45) is -1.83. The Morgan fingerprint density at radius 3 is 2.70 bits per heavy atom. The molecule has 1 heterocycles. The van der Waals surface area contributed by atoms with Gasteiger partial charge in [0.25, 0.3) is 0 Å². The predicted octanol–water partition coefficient (Wildman–Crippen LogP) is -0.986. The second-order valence-electron chi connectivity index (χ2n) is 2.16. The number of carboxylic acid groups (broad SMARTS) is 1. The van der Waals surface area contributed by atoms with Gasteiger partial charge in [-0.2, -0.15) is 0 Å². The zero-order valence-corrected chi connectivity index (χ0v) is 5.28. The minimum Gasteiger partial charge on any atom is -0.465 e. The van der Waals surface area contributed by atoms with Gasteiger partial charge in [0.05, 0.1) is 25.4 Å². The zero-order chi connectivity index (χ0) is 7.56. The molecule has 0 aromatic rings. The molecular formula is C5H9NO4. The van der Waals surface area contributed by atoms with Crippen molar-refractivity contribution in [3.05, 3.63) is 0 Å². The van der Waals surface area contributed by atoms with Crippen LogP contribution in [0.2, 0.25) is 0 Å². The van der Waals surface area contributed by atoms with E-state index < -0.39 is 18.2 Å². The van der Waals surface area contributed by atoms with Crippen LogP contribution in [0, 0.1) is 0 Å². The molecule has 0 bridgehead atoms. The van der Waals surface area contributed by atoms with Crippen molar-refractivity contribution in [3.8, 4) is 0 Å². The third kappa shape index (κ3) is 1.58. The van der Waals surface area contributed by atoms with Crippen LogP contribution in [-0.4, -0.2) is 41.7 Å². The highest BCUT2D eigenvalue weighted by molar-refractivity contribution is 5.65. The smallest absolute Gasteiger partial charge is 0.405 e. The Bertz CT molecular complexity index is 138. The van der Waals surface area contributed by atoms with Gasteiger partial charge >= 0.3 is 6.09 Å². The number of amides is 1. The van der Waals surface area contributed by atoms with Crippen LogP contribution in [0.1, 0.15) is 0 Å². The SMILES string of the molecule is O=C(O)N[C@H]1COC[C@@H]1O. The van der Waals surface area contributed by atoms with E-state index in [9.17, 15) is 4.79 Å². The molecule has 1 fully saturated rings. The maximum atomic E-state index is 10.0. The van der Waals surface area contributed by atoms with E-state index in [1.54, 1.807) is 0 Å². The standard InChI is InChI=1S/C5H9NO4/c7-4-2-10-1-3(4)6-5(8)9/h3-4,6-7H,1-2H2,(H,8,9)/t3-,4-/m0/s1. The molecule has 0 spiro atoms. The van der Waals surface area contributed by atoms with Crippen LogP contribution in [0.4, 0.5) is 4.79 Å². The summed E-state index contributed by atoms with van der Waals surface area (Å²) in [7, 11) is 0. The van der Waals surface area contributed by atoms with Gasteiger partial charge in [-0.05, 0) is 0 Å². The molecule has 3 N–H and O–H groups in total. The van der Waals surface area contributed by atoms with Crippen LogP contribution in [0.5, 0.6) is 0 Å². The molecular weight excluding hydrogens is 138 g/mol. The summed E-state index contributed by atoms with van der Waals surface area (Å²) < 4.78 is 4.79. The number of aliphatic hydroxyl groups excluding tert-OH is 1. The van der Waals surface area contributed by atoms with Gasteiger partial charge in [0, 0.05) is 0 Å². The van der Waals surface area contributed by atoms with E-state index in [0.717, 1.165) is 0 Å². The minimum absolute atomic E-state index is 0.213. The van der Waals surface area contributed by atoms with E-state index >= 15 is 0 Å². The van der Waals surface area contributed by atoms with Crippen LogP contribution in [0.3, 0.4) is 0 Å². The number of carbonyl (C=O) groups is 1. The zero-order valence-electron chi connectivity index (χ0n) is 5.28. The Balaban J connectivity index is 2.33. The van der Waals surface area contributed by atoms with Crippen LogP contribution in [-0.2, 0) is 4.74 Å². The average molecular weight is 147 g/mol. The largest absolute Gasteiger partial charge is 0.465 e. The molecule has 5 heteroatoms. The van der Waals surface area contributed by atoms with Crippen molar-refractivity contribution in [2.75, 3.05) is 13.2 Å². The van der Waals surface area contributed by atoms with Crippen LogP contribution < -0.4 is 5.32 Å². The lowest BCUT2D eigenvalue weighted by Gasteiger charge is -2.10. The Kier molecular flexibility index (Phi) is 2.08. The third-order valence-corrected chi connectivity index (χ3v) is 1.36. The molecule has 1 amide bonds. The highest BCUT2D eigenvalue weighted by Crippen LogP contribution is 2.03. The van der Waals surface area contributed by atoms with Gasteiger partial charge in [-0.15, -0.1) is 0 Å². The normalized spacial score (nSPS) is 32.1. The van der Waals surface area contributed by atoms with Crippen LogP contribution in [0.15, 0.2) is 0 Å². The monoisotopic (exact) mass is 147 g/mol. The van der Waals surface area contributed by atoms with Crippen molar-refractivity contribution in [1.29, 1.82) is 0 Å². The Morgan fingerprint density at radius 2 is 2.30 bits per heavy atom. The molecule has 0 saturated carbocycles. The maximum Gasteiger partial charge on any atom is 0.405 e. The molecule has 10 heavy (non-hydrogen) atoms. The van der Waals surface area contributed by atoms with Crippen LogP contribution in [0.25, 0.3) is 0 Å². The van der Waals surface area contributed by atoms with Crippen molar-refractivity contribution < 1.29 is 19.7 Å². The summed E-state index contributed by atoms with van der Waals surface area (Å²) >= 11 is 0. The van der Waals surface area contributed by atoms with Gasteiger partial charge in [-0.25, -0.2) is 4.79 Å². The number of aliphatic hydroxyl groups is 1. The third-order valence-electron chi connectivity index (χ3n) is 1.36. The van der Waals surface area contributed by atoms with Gasteiger partial charge in [0.1, 0.15) is 0 Å². The molecule has 0 unspecified atom stereocenters. The first-order valence-electron chi connectivity index (χ1n) is 2.95. The Hall–Kier alpha value is -0.810. The molecule has 1 aliphatic heterocycles. The van der Waals surface area contributed by atoms with Crippen molar-refractivity contribution in [2.24, 2.45) is 0 Å². The summed E-state index contributed by atoms with van der Waals surface area (Å²) in [5, 5.41) is 19.3. The second-order valence-corrected chi connectivity index (χ2v) is 2.16.